The normalized spacial score (nSPS) is 16.0. The Hall–Kier alpha value is -2.77. The van der Waals surface area contributed by atoms with Crippen LogP contribution < -0.4 is 27.4 Å². The fraction of sp³-hybridized carbons (Fsp3) is 0.706. The van der Waals surface area contributed by atoms with Crippen molar-refractivity contribution in [3.05, 3.63) is 0 Å². The highest BCUT2D eigenvalue weighted by Gasteiger charge is 2.32. The molecule has 4 amide bonds. The van der Waals surface area contributed by atoms with Gasteiger partial charge in [-0.15, -0.1) is 0 Å². The molecule has 30 heavy (non-hydrogen) atoms. The maximum Gasteiger partial charge on any atom is 0.328 e. The van der Waals surface area contributed by atoms with Crippen LogP contribution in [0.2, 0.25) is 0 Å². The number of rotatable bonds is 13. The number of nitrogens with two attached hydrogens (primary N) is 2. The van der Waals surface area contributed by atoms with Gasteiger partial charge in [0.25, 0.3) is 0 Å². The number of carbonyl (C=O) groups is 5. The fourth-order valence-electron chi connectivity index (χ4n) is 2.28. The lowest BCUT2D eigenvalue weighted by Gasteiger charge is -2.27. The summed E-state index contributed by atoms with van der Waals surface area (Å²) < 4.78 is 0. The zero-order valence-electron chi connectivity index (χ0n) is 17.1. The molecule has 0 rings (SSSR count). The first-order valence-electron chi connectivity index (χ1n) is 9.28. The van der Waals surface area contributed by atoms with E-state index < -0.39 is 72.4 Å². The van der Waals surface area contributed by atoms with E-state index in [-0.39, 0.29) is 12.8 Å². The van der Waals surface area contributed by atoms with Gasteiger partial charge in [-0.25, -0.2) is 4.79 Å². The molecular weight excluding hydrogens is 402 g/mol. The van der Waals surface area contributed by atoms with Crippen molar-refractivity contribution in [3.8, 4) is 0 Å². The van der Waals surface area contributed by atoms with Gasteiger partial charge in [0, 0.05) is 6.42 Å². The molecule has 0 aliphatic heterocycles. The molecule has 0 fully saturated rings. The van der Waals surface area contributed by atoms with Gasteiger partial charge in [0.15, 0.2) is 0 Å². The SMILES string of the molecule is CC(C)C(NC(=O)C(N)C(C)O)C(=O)NC(CCC(N)=O)C(=O)NC(CO)C(=O)O. The minimum atomic E-state index is -1.62. The number of amides is 4. The van der Waals surface area contributed by atoms with Gasteiger partial charge >= 0.3 is 5.97 Å². The molecule has 0 heterocycles. The third kappa shape index (κ3) is 9.15. The van der Waals surface area contributed by atoms with E-state index in [1.54, 1.807) is 13.8 Å². The summed E-state index contributed by atoms with van der Waals surface area (Å²) in [7, 11) is 0. The van der Waals surface area contributed by atoms with E-state index in [0.29, 0.717) is 0 Å². The summed E-state index contributed by atoms with van der Waals surface area (Å²) in [5, 5.41) is 34.2. The van der Waals surface area contributed by atoms with E-state index >= 15 is 0 Å². The number of hydrogen-bond donors (Lipinski definition) is 8. The Labute approximate surface area is 173 Å². The lowest BCUT2D eigenvalue weighted by atomic mass is 10.0. The first kappa shape index (κ1) is 27.2. The van der Waals surface area contributed by atoms with Gasteiger partial charge in [0.2, 0.25) is 23.6 Å². The quantitative estimate of drug-likeness (QED) is 0.142. The van der Waals surface area contributed by atoms with Gasteiger partial charge in [-0.05, 0) is 19.3 Å². The molecule has 0 aromatic rings. The predicted molar refractivity (Wildman–Crippen MR) is 103 cm³/mol. The van der Waals surface area contributed by atoms with Crippen LogP contribution in [0.3, 0.4) is 0 Å². The maximum atomic E-state index is 12.7. The molecule has 5 atom stereocenters. The summed E-state index contributed by atoms with van der Waals surface area (Å²) in [5.74, 6) is -5.24. The fourth-order valence-corrected chi connectivity index (χ4v) is 2.28. The zero-order valence-corrected chi connectivity index (χ0v) is 17.1. The summed E-state index contributed by atoms with van der Waals surface area (Å²) in [6.07, 6.45) is -1.70. The Balaban J connectivity index is 5.42. The molecule has 0 saturated heterocycles. The first-order valence-corrected chi connectivity index (χ1v) is 9.28. The molecule has 172 valence electrons. The van der Waals surface area contributed by atoms with E-state index in [2.05, 4.69) is 10.6 Å². The van der Waals surface area contributed by atoms with Crippen LogP contribution in [0.25, 0.3) is 0 Å². The number of aliphatic hydroxyl groups excluding tert-OH is 2. The maximum absolute atomic E-state index is 12.7. The van der Waals surface area contributed by atoms with Crippen LogP contribution in [0, 0.1) is 5.92 Å². The monoisotopic (exact) mass is 433 g/mol. The molecule has 13 heteroatoms. The third-order valence-corrected chi connectivity index (χ3v) is 4.18. The number of aliphatic carboxylic acids is 1. The van der Waals surface area contributed by atoms with Crippen LogP contribution in [0.1, 0.15) is 33.6 Å². The standard InChI is InChI=1S/C17H31N5O8/c1-7(2)13(22-15(27)12(19)8(3)24)16(28)20-9(4-5-11(18)25)14(26)21-10(6-23)17(29)30/h7-10,12-13,23-24H,4-6,19H2,1-3H3,(H2,18,25)(H,20,28)(H,21,26)(H,22,27)(H,29,30). The van der Waals surface area contributed by atoms with E-state index in [9.17, 15) is 29.1 Å². The third-order valence-electron chi connectivity index (χ3n) is 4.18. The average Bonchev–Trinajstić information content (AvgIpc) is 2.65. The van der Waals surface area contributed by atoms with Gasteiger partial charge in [0.05, 0.1) is 12.7 Å². The van der Waals surface area contributed by atoms with Crippen LogP contribution in [0.4, 0.5) is 0 Å². The van der Waals surface area contributed by atoms with E-state index in [0.717, 1.165) is 0 Å². The average molecular weight is 433 g/mol. The topological polar surface area (TPSA) is 234 Å². The summed E-state index contributed by atoms with van der Waals surface area (Å²) >= 11 is 0. The predicted octanol–water partition coefficient (Wildman–Crippen LogP) is -3.85. The van der Waals surface area contributed by atoms with E-state index in [4.69, 9.17) is 21.7 Å². The van der Waals surface area contributed by atoms with E-state index in [1.165, 1.54) is 6.92 Å². The largest absolute Gasteiger partial charge is 0.480 e. The Morgan fingerprint density at radius 3 is 1.83 bits per heavy atom. The number of nitrogens with one attached hydrogen (secondary N) is 3. The van der Waals surface area contributed by atoms with Crippen molar-refractivity contribution in [1.29, 1.82) is 0 Å². The molecule has 13 nitrogen and oxygen atoms in total. The van der Waals surface area contributed by atoms with Gasteiger partial charge < -0.3 is 42.7 Å². The lowest BCUT2D eigenvalue weighted by Crippen LogP contribution is -2.59. The van der Waals surface area contributed by atoms with Crippen molar-refractivity contribution in [2.24, 2.45) is 17.4 Å². The van der Waals surface area contributed by atoms with Crippen molar-refractivity contribution in [2.45, 2.75) is 63.9 Å². The zero-order chi connectivity index (χ0) is 23.6. The van der Waals surface area contributed by atoms with Gasteiger partial charge in [-0.2, -0.15) is 0 Å². The molecule has 0 saturated carbocycles. The van der Waals surface area contributed by atoms with Gasteiger partial charge in [-0.3, -0.25) is 19.2 Å². The Kier molecular flexibility index (Phi) is 11.5. The molecule has 0 aromatic heterocycles. The number of carboxylic acids is 1. The molecule has 0 aliphatic rings. The van der Waals surface area contributed by atoms with Crippen molar-refractivity contribution >= 4 is 29.6 Å². The Morgan fingerprint density at radius 1 is 0.900 bits per heavy atom. The number of hydrogen-bond acceptors (Lipinski definition) is 8. The first-order chi connectivity index (χ1) is 13.8. The number of primary amides is 1. The molecule has 0 aromatic carbocycles. The molecule has 0 aliphatic carbocycles. The summed E-state index contributed by atoms with van der Waals surface area (Å²) in [4.78, 5) is 59.2. The number of carboxylic acid groups (broad SMARTS) is 1. The van der Waals surface area contributed by atoms with Crippen molar-refractivity contribution < 1.29 is 39.3 Å². The summed E-state index contributed by atoms with van der Waals surface area (Å²) in [6, 6.07) is -5.40. The van der Waals surface area contributed by atoms with Crippen LogP contribution >= 0.6 is 0 Å². The summed E-state index contributed by atoms with van der Waals surface area (Å²) in [6.45, 7) is 3.64. The highest BCUT2D eigenvalue weighted by Crippen LogP contribution is 2.06. The molecule has 0 spiro atoms. The second-order valence-electron chi connectivity index (χ2n) is 7.14. The molecule has 5 unspecified atom stereocenters. The van der Waals surface area contributed by atoms with Crippen molar-refractivity contribution in [2.75, 3.05) is 6.61 Å². The molecule has 0 bridgehead atoms. The molecule has 0 radical (unpaired) electrons. The van der Waals surface area contributed by atoms with Gasteiger partial charge in [-0.1, -0.05) is 13.8 Å². The van der Waals surface area contributed by atoms with Crippen molar-refractivity contribution in [3.63, 3.8) is 0 Å². The Morgan fingerprint density at radius 2 is 1.43 bits per heavy atom. The second-order valence-corrected chi connectivity index (χ2v) is 7.14. The van der Waals surface area contributed by atoms with Crippen molar-refractivity contribution in [1.82, 2.24) is 16.0 Å². The highest BCUT2D eigenvalue weighted by molar-refractivity contribution is 5.94. The van der Waals surface area contributed by atoms with Crippen LogP contribution in [0.5, 0.6) is 0 Å². The number of carbonyl (C=O) groups excluding carboxylic acids is 4. The lowest BCUT2D eigenvalue weighted by molar-refractivity contribution is -0.143. The van der Waals surface area contributed by atoms with Crippen LogP contribution in [-0.2, 0) is 24.0 Å². The minimum absolute atomic E-state index is 0.239. The highest BCUT2D eigenvalue weighted by atomic mass is 16.4. The molecular formula is C17H31N5O8. The summed E-state index contributed by atoms with van der Waals surface area (Å²) in [5.41, 5.74) is 10.6. The second kappa shape index (κ2) is 12.7. The molecule has 10 N–H and O–H groups in total. The smallest absolute Gasteiger partial charge is 0.328 e. The van der Waals surface area contributed by atoms with Crippen LogP contribution in [-0.4, -0.2) is 81.8 Å². The Bertz CT molecular complexity index is 640. The van der Waals surface area contributed by atoms with Gasteiger partial charge in [0.1, 0.15) is 24.2 Å². The number of aliphatic hydroxyl groups is 2. The van der Waals surface area contributed by atoms with E-state index in [1.807, 2.05) is 5.32 Å². The van der Waals surface area contributed by atoms with Crippen LogP contribution in [0.15, 0.2) is 0 Å². The minimum Gasteiger partial charge on any atom is -0.480 e.